The van der Waals surface area contributed by atoms with Gasteiger partial charge in [0.1, 0.15) is 5.82 Å². The van der Waals surface area contributed by atoms with Crippen molar-refractivity contribution in [3.8, 4) is 22.5 Å². The van der Waals surface area contributed by atoms with Crippen LogP contribution in [0.4, 0.5) is 4.39 Å². The molecule has 0 N–H and O–H groups in total. The van der Waals surface area contributed by atoms with Crippen LogP contribution in [0.2, 0.25) is 0 Å². The molecule has 0 fully saturated rings. The first-order valence-corrected chi connectivity index (χ1v) is 6.93. The van der Waals surface area contributed by atoms with E-state index in [4.69, 9.17) is 0 Å². The van der Waals surface area contributed by atoms with Crippen molar-refractivity contribution in [2.24, 2.45) is 0 Å². The first-order chi connectivity index (χ1) is 10.3. The fourth-order valence-electron chi connectivity index (χ4n) is 2.16. The molecule has 2 nitrogen and oxygen atoms in total. The lowest BCUT2D eigenvalue weighted by atomic mass is 10.1. The Labute approximate surface area is 123 Å². The molecule has 2 aromatic carbocycles. The molecule has 3 heteroatoms. The van der Waals surface area contributed by atoms with Crippen LogP contribution in [-0.4, -0.2) is 9.97 Å². The second-order valence-electron chi connectivity index (χ2n) is 4.85. The third kappa shape index (κ3) is 2.97. The molecule has 0 aliphatic heterocycles. The van der Waals surface area contributed by atoms with E-state index in [1.165, 1.54) is 17.7 Å². The largest absolute Gasteiger partial charge is 0.236 e. The van der Waals surface area contributed by atoms with E-state index in [9.17, 15) is 4.39 Å². The number of halogens is 1. The van der Waals surface area contributed by atoms with Crippen molar-refractivity contribution in [3.05, 3.63) is 72.3 Å². The molecule has 3 rings (SSSR count). The summed E-state index contributed by atoms with van der Waals surface area (Å²) in [6, 6.07) is 14.6. The quantitative estimate of drug-likeness (QED) is 0.704. The van der Waals surface area contributed by atoms with Crippen molar-refractivity contribution < 1.29 is 4.39 Å². The van der Waals surface area contributed by atoms with Gasteiger partial charge in [-0.3, -0.25) is 0 Å². The van der Waals surface area contributed by atoms with Gasteiger partial charge < -0.3 is 0 Å². The number of hydrogen-bond donors (Lipinski definition) is 0. The maximum absolute atomic E-state index is 12.9. The van der Waals surface area contributed by atoms with Crippen molar-refractivity contribution in [3.63, 3.8) is 0 Å². The Hall–Kier alpha value is -2.55. The molecule has 0 saturated heterocycles. The Kier molecular flexibility index (Phi) is 3.73. The molecular weight excluding hydrogens is 263 g/mol. The molecule has 0 amide bonds. The van der Waals surface area contributed by atoms with Gasteiger partial charge in [0.05, 0.1) is 0 Å². The molecule has 0 aliphatic carbocycles. The Morgan fingerprint density at radius 2 is 1.33 bits per heavy atom. The van der Waals surface area contributed by atoms with Gasteiger partial charge in [-0.25, -0.2) is 14.4 Å². The third-order valence-electron chi connectivity index (χ3n) is 3.45. The van der Waals surface area contributed by atoms with Crippen molar-refractivity contribution in [2.75, 3.05) is 0 Å². The van der Waals surface area contributed by atoms with E-state index in [0.29, 0.717) is 5.82 Å². The number of hydrogen-bond acceptors (Lipinski definition) is 2. The van der Waals surface area contributed by atoms with E-state index in [0.717, 1.165) is 23.1 Å². The highest BCUT2D eigenvalue weighted by molar-refractivity contribution is 5.64. The summed E-state index contributed by atoms with van der Waals surface area (Å²) >= 11 is 0. The average Bonchev–Trinajstić information content (AvgIpc) is 2.56. The summed E-state index contributed by atoms with van der Waals surface area (Å²) in [5.41, 5.74) is 4.19. The van der Waals surface area contributed by atoms with Crippen molar-refractivity contribution in [1.82, 2.24) is 9.97 Å². The van der Waals surface area contributed by atoms with Gasteiger partial charge in [-0.05, 0) is 41.8 Å². The van der Waals surface area contributed by atoms with Gasteiger partial charge in [0, 0.05) is 23.5 Å². The molecular formula is C18H15FN2. The molecule has 21 heavy (non-hydrogen) atoms. The summed E-state index contributed by atoms with van der Waals surface area (Å²) in [7, 11) is 0. The molecule has 1 heterocycles. The average molecular weight is 278 g/mol. The first-order valence-electron chi connectivity index (χ1n) is 6.93. The fourth-order valence-corrected chi connectivity index (χ4v) is 2.16. The second kappa shape index (κ2) is 5.83. The molecule has 0 saturated carbocycles. The van der Waals surface area contributed by atoms with Crippen LogP contribution in [0.1, 0.15) is 12.5 Å². The topological polar surface area (TPSA) is 25.8 Å². The second-order valence-corrected chi connectivity index (χ2v) is 4.85. The van der Waals surface area contributed by atoms with Crippen molar-refractivity contribution in [2.45, 2.75) is 13.3 Å². The van der Waals surface area contributed by atoms with Gasteiger partial charge in [-0.15, -0.1) is 0 Å². The zero-order valence-corrected chi connectivity index (χ0v) is 11.8. The highest BCUT2D eigenvalue weighted by atomic mass is 19.1. The summed E-state index contributed by atoms with van der Waals surface area (Å²) in [5, 5.41) is 0. The van der Waals surface area contributed by atoms with Gasteiger partial charge in [-0.2, -0.15) is 0 Å². The van der Waals surface area contributed by atoms with Crippen LogP contribution in [-0.2, 0) is 6.42 Å². The molecule has 104 valence electrons. The maximum Gasteiger partial charge on any atom is 0.159 e. The van der Waals surface area contributed by atoms with E-state index in [1.807, 2.05) is 0 Å². The van der Waals surface area contributed by atoms with Crippen molar-refractivity contribution in [1.29, 1.82) is 0 Å². The summed E-state index contributed by atoms with van der Waals surface area (Å²) in [6.45, 7) is 2.13. The summed E-state index contributed by atoms with van der Waals surface area (Å²) in [5.74, 6) is 0.343. The number of aryl methyl sites for hydroxylation is 1. The predicted molar refractivity (Wildman–Crippen MR) is 82.2 cm³/mol. The summed E-state index contributed by atoms with van der Waals surface area (Å²) in [4.78, 5) is 8.73. The summed E-state index contributed by atoms with van der Waals surface area (Å²) in [6.07, 6.45) is 4.62. The number of rotatable bonds is 3. The van der Waals surface area contributed by atoms with E-state index < -0.39 is 0 Å². The van der Waals surface area contributed by atoms with Gasteiger partial charge in [-0.1, -0.05) is 31.2 Å². The van der Waals surface area contributed by atoms with E-state index >= 15 is 0 Å². The lowest BCUT2D eigenvalue weighted by Gasteiger charge is -2.04. The zero-order chi connectivity index (χ0) is 14.7. The van der Waals surface area contributed by atoms with Gasteiger partial charge >= 0.3 is 0 Å². The van der Waals surface area contributed by atoms with Crippen molar-refractivity contribution >= 4 is 0 Å². The number of nitrogens with zero attached hydrogens (tertiary/aromatic N) is 2. The minimum absolute atomic E-state index is 0.258. The smallest absolute Gasteiger partial charge is 0.159 e. The van der Waals surface area contributed by atoms with Crippen LogP contribution in [0.15, 0.2) is 60.9 Å². The van der Waals surface area contributed by atoms with Gasteiger partial charge in [0.15, 0.2) is 5.82 Å². The van der Waals surface area contributed by atoms with E-state index in [1.54, 1.807) is 24.5 Å². The first kappa shape index (κ1) is 13.4. The van der Waals surface area contributed by atoms with E-state index in [-0.39, 0.29) is 5.82 Å². The maximum atomic E-state index is 12.9. The van der Waals surface area contributed by atoms with Crippen LogP contribution in [0.3, 0.4) is 0 Å². The minimum atomic E-state index is -0.258. The van der Waals surface area contributed by atoms with Crippen LogP contribution < -0.4 is 0 Å². The lowest BCUT2D eigenvalue weighted by Crippen LogP contribution is -1.90. The Bertz CT molecular complexity index is 717. The molecule has 0 bridgehead atoms. The third-order valence-corrected chi connectivity index (χ3v) is 3.45. The lowest BCUT2D eigenvalue weighted by molar-refractivity contribution is 0.628. The van der Waals surface area contributed by atoms with Crippen LogP contribution in [0.25, 0.3) is 22.5 Å². The SMILES string of the molecule is CCc1ccc(-c2cnc(-c3ccc(F)cc3)nc2)cc1. The normalized spacial score (nSPS) is 10.6. The Morgan fingerprint density at radius 3 is 1.90 bits per heavy atom. The number of benzene rings is 2. The highest BCUT2D eigenvalue weighted by Crippen LogP contribution is 2.21. The molecule has 0 spiro atoms. The monoisotopic (exact) mass is 278 g/mol. The van der Waals surface area contributed by atoms with Crippen LogP contribution >= 0.6 is 0 Å². The van der Waals surface area contributed by atoms with Gasteiger partial charge in [0.25, 0.3) is 0 Å². The zero-order valence-electron chi connectivity index (χ0n) is 11.8. The molecule has 3 aromatic rings. The Morgan fingerprint density at radius 1 is 0.762 bits per heavy atom. The molecule has 0 atom stereocenters. The molecule has 1 aromatic heterocycles. The number of aromatic nitrogens is 2. The predicted octanol–water partition coefficient (Wildman–Crippen LogP) is 4.51. The van der Waals surface area contributed by atoms with Crippen LogP contribution in [0.5, 0.6) is 0 Å². The van der Waals surface area contributed by atoms with Crippen LogP contribution in [0, 0.1) is 5.82 Å². The minimum Gasteiger partial charge on any atom is -0.236 e. The molecule has 0 unspecified atom stereocenters. The summed E-state index contributed by atoms with van der Waals surface area (Å²) < 4.78 is 12.9. The highest BCUT2D eigenvalue weighted by Gasteiger charge is 2.03. The Balaban J connectivity index is 1.87. The standard InChI is InChI=1S/C18H15FN2/c1-2-13-3-5-14(6-4-13)16-11-20-18(21-12-16)15-7-9-17(19)10-8-15/h3-12H,2H2,1H3. The molecule has 0 aliphatic rings. The van der Waals surface area contributed by atoms with E-state index in [2.05, 4.69) is 41.2 Å². The fraction of sp³-hybridized carbons (Fsp3) is 0.111. The van der Waals surface area contributed by atoms with Gasteiger partial charge in [0.2, 0.25) is 0 Å². The molecule has 0 radical (unpaired) electrons.